The van der Waals surface area contributed by atoms with Crippen LogP contribution in [0.15, 0.2) is 72.8 Å². The van der Waals surface area contributed by atoms with Gasteiger partial charge in [0, 0.05) is 31.1 Å². The van der Waals surface area contributed by atoms with E-state index < -0.39 is 17.9 Å². The second-order valence-electron chi connectivity index (χ2n) is 10.0. The highest BCUT2D eigenvalue weighted by Crippen LogP contribution is 2.26. The lowest BCUT2D eigenvalue weighted by Gasteiger charge is -2.18. The highest BCUT2D eigenvalue weighted by molar-refractivity contribution is 5.96. The Morgan fingerprint density at radius 2 is 1.55 bits per heavy atom. The molecule has 40 heavy (non-hydrogen) atoms. The summed E-state index contributed by atoms with van der Waals surface area (Å²) in [6.45, 7) is 2.20. The number of hydrogen-bond acceptors (Lipinski definition) is 4. The van der Waals surface area contributed by atoms with Crippen molar-refractivity contribution >= 4 is 23.5 Å². The Labute approximate surface area is 237 Å². The number of carbonyl (C=O) groups is 3. The fourth-order valence-electron chi connectivity index (χ4n) is 4.52. The first kappa shape index (κ1) is 30.4. The standard InChI is InChI=1S/C33H40N2O5/c1-4-5-6-7-8-9-13-31(36)35(2)28-12-10-11-27(23-28)25-16-14-24(15-17-25)22-30(33(38)39)34-32(37)26-18-20-29(40-3)21-19-26/h10-12,14-21,23,30H,4-9,13,22H2,1-3H3,(H,34,37)(H,38,39)/t30-/m0/s1. The number of anilines is 1. The van der Waals surface area contributed by atoms with E-state index in [1.807, 2.05) is 55.6 Å². The van der Waals surface area contributed by atoms with Gasteiger partial charge in [0.1, 0.15) is 11.8 Å². The van der Waals surface area contributed by atoms with Gasteiger partial charge >= 0.3 is 5.97 Å². The van der Waals surface area contributed by atoms with Crippen molar-refractivity contribution in [1.29, 1.82) is 0 Å². The van der Waals surface area contributed by atoms with Crippen molar-refractivity contribution in [1.82, 2.24) is 5.32 Å². The predicted octanol–water partition coefficient (Wildman–Crippen LogP) is 6.50. The molecule has 0 heterocycles. The number of hydrogen-bond donors (Lipinski definition) is 2. The van der Waals surface area contributed by atoms with Gasteiger partial charge in [-0.05, 0) is 59.5 Å². The fraction of sp³-hybridized carbons (Fsp3) is 0.364. The molecule has 0 saturated heterocycles. The Hall–Kier alpha value is -4.13. The van der Waals surface area contributed by atoms with Crippen LogP contribution in [0.25, 0.3) is 11.1 Å². The fourth-order valence-corrected chi connectivity index (χ4v) is 4.52. The average molecular weight is 545 g/mol. The van der Waals surface area contributed by atoms with E-state index in [1.54, 1.807) is 29.2 Å². The van der Waals surface area contributed by atoms with E-state index in [4.69, 9.17) is 4.74 Å². The summed E-state index contributed by atoms with van der Waals surface area (Å²) in [4.78, 5) is 38.9. The molecule has 0 aliphatic heterocycles. The number of carboxylic acid groups (broad SMARTS) is 1. The van der Waals surface area contributed by atoms with Crippen LogP contribution in [0.1, 0.15) is 67.8 Å². The number of ether oxygens (including phenoxy) is 1. The number of methoxy groups -OCH3 is 1. The number of unbranched alkanes of at least 4 members (excludes halogenated alkanes) is 5. The van der Waals surface area contributed by atoms with Gasteiger partial charge in [-0.15, -0.1) is 0 Å². The lowest BCUT2D eigenvalue weighted by atomic mass is 10.00. The molecular formula is C33H40N2O5. The van der Waals surface area contributed by atoms with E-state index in [-0.39, 0.29) is 12.3 Å². The molecule has 0 aromatic heterocycles. The van der Waals surface area contributed by atoms with Crippen molar-refractivity contribution in [2.24, 2.45) is 0 Å². The maximum Gasteiger partial charge on any atom is 0.326 e. The van der Waals surface area contributed by atoms with Crippen LogP contribution in [-0.2, 0) is 16.0 Å². The summed E-state index contributed by atoms with van der Waals surface area (Å²) < 4.78 is 5.10. The highest BCUT2D eigenvalue weighted by atomic mass is 16.5. The van der Waals surface area contributed by atoms with Crippen LogP contribution in [0.3, 0.4) is 0 Å². The molecule has 0 bridgehead atoms. The van der Waals surface area contributed by atoms with Crippen LogP contribution < -0.4 is 15.0 Å². The molecule has 0 unspecified atom stereocenters. The average Bonchev–Trinajstić information content (AvgIpc) is 2.98. The van der Waals surface area contributed by atoms with Gasteiger partial charge in [-0.3, -0.25) is 9.59 Å². The summed E-state index contributed by atoms with van der Waals surface area (Å²) in [5, 5.41) is 12.3. The van der Waals surface area contributed by atoms with Crippen LogP contribution in [0.4, 0.5) is 5.69 Å². The molecule has 1 atom stereocenters. The smallest absolute Gasteiger partial charge is 0.326 e. The van der Waals surface area contributed by atoms with Crippen LogP contribution >= 0.6 is 0 Å². The van der Waals surface area contributed by atoms with E-state index in [9.17, 15) is 19.5 Å². The molecule has 7 heteroatoms. The molecule has 2 amide bonds. The molecule has 0 aliphatic rings. The Morgan fingerprint density at radius 3 is 2.20 bits per heavy atom. The summed E-state index contributed by atoms with van der Waals surface area (Å²) in [7, 11) is 3.35. The SMILES string of the molecule is CCCCCCCCC(=O)N(C)c1cccc(-c2ccc(C[C@H](NC(=O)c3ccc(OC)cc3)C(=O)O)cc2)c1. The first-order valence-corrected chi connectivity index (χ1v) is 14.0. The third kappa shape index (κ3) is 8.97. The number of carbonyl (C=O) groups excluding carboxylic acids is 2. The van der Waals surface area contributed by atoms with Gasteiger partial charge in [-0.1, -0.05) is 75.4 Å². The minimum absolute atomic E-state index is 0.111. The van der Waals surface area contributed by atoms with Gasteiger partial charge in [0.15, 0.2) is 0 Å². The predicted molar refractivity (Wildman–Crippen MR) is 159 cm³/mol. The van der Waals surface area contributed by atoms with Gasteiger partial charge in [-0.2, -0.15) is 0 Å². The number of benzene rings is 3. The Kier molecular flexibility index (Phi) is 11.8. The van der Waals surface area contributed by atoms with Crippen LogP contribution in [-0.4, -0.2) is 43.1 Å². The summed E-state index contributed by atoms with van der Waals surface area (Å²) in [5.74, 6) is -0.839. The first-order valence-electron chi connectivity index (χ1n) is 14.0. The third-order valence-electron chi connectivity index (χ3n) is 7.03. The molecular weight excluding hydrogens is 504 g/mol. The molecule has 0 spiro atoms. The number of rotatable bonds is 15. The minimum atomic E-state index is -1.10. The quantitative estimate of drug-likeness (QED) is 0.213. The molecule has 0 saturated carbocycles. The van der Waals surface area contributed by atoms with Gasteiger partial charge in [0.2, 0.25) is 5.91 Å². The van der Waals surface area contributed by atoms with Gasteiger partial charge < -0.3 is 20.1 Å². The molecule has 3 aromatic carbocycles. The van der Waals surface area contributed by atoms with Crippen molar-refractivity contribution < 1.29 is 24.2 Å². The molecule has 0 fully saturated rings. The van der Waals surface area contributed by atoms with E-state index in [2.05, 4.69) is 12.2 Å². The monoisotopic (exact) mass is 544 g/mol. The van der Waals surface area contributed by atoms with Crippen molar-refractivity contribution in [2.45, 2.75) is 64.3 Å². The maximum absolute atomic E-state index is 12.7. The highest BCUT2D eigenvalue weighted by Gasteiger charge is 2.21. The molecule has 2 N–H and O–H groups in total. The molecule has 7 nitrogen and oxygen atoms in total. The van der Waals surface area contributed by atoms with E-state index in [0.29, 0.717) is 17.7 Å². The van der Waals surface area contributed by atoms with Crippen molar-refractivity contribution in [3.63, 3.8) is 0 Å². The topological polar surface area (TPSA) is 95.9 Å². The maximum atomic E-state index is 12.7. The lowest BCUT2D eigenvalue weighted by Crippen LogP contribution is -2.42. The molecule has 0 aliphatic carbocycles. The zero-order valence-electron chi connectivity index (χ0n) is 23.7. The zero-order chi connectivity index (χ0) is 28.9. The summed E-state index contributed by atoms with van der Waals surface area (Å²) in [5.41, 5.74) is 3.90. The number of nitrogens with zero attached hydrogens (tertiary/aromatic N) is 1. The Bertz CT molecular complexity index is 1250. The largest absolute Gasteiger partial charge is 0.497 e. The normalized spacial score (nSPS) is 11.5. The number of amides is 2. The summed E-state index contributed by atoms with van der Waals surface area (Å²) >= 11 is 0. The first-order chi connectivity index (χ1) is 19.3. The number of aliphatic carboxylic acids is 1. The number of carboxylic acids is 1. The van der Waals surface area contributed by atoms with Crippen molar-refractivity contribution in [3.8, 4) is 16.9 Å². The molecule has 212 valence electrons. The summed E-state index contributed by atoms with van der Waals surface area (Å²) in [6, 6.07) is 20.8. The minimum Gasteiger partial charge on any atom is -0.497 e. The lowest BCUT2D eigenvalue weighted by molar-refractivity contribution is -0.139. The van der Waals surface area contributed by atoms with E-state index in [1.165, 1.54) is 32.8 Å². The van der Waals surface area contributed by atoms with Crippen molar-refractivity contribution in [3.05, 3.63) is 83.9 Å². The second-order valence-corrected chi connectivity index (χ2v) is 10.0. The second kappa shape index (κ2) is 15.5. The van der Waals surface area contributed by atoms with Gasteiger partial charge in [-0.25, -0.2) is 4.79 Å². The summed E-state index contributed by atoms with van der Waals surface area (Å²) in [6.07, 6.45) is 7.56. The third-order valence-corrected chi connectivity index (χ3v) is 7.03. The van der Waals surface area contributed by atoms with E-state index in [0.717, 1.165) is 35.2 Å². The zero-order valence-corrected chi connectivity index (χ0v) is 23.7. The number of nitrogens with one attached hydrogen (secondary N) is 1. The van der Waals surface area contributed by atoms with Crippen LogP contribution in [0.2, 0.25) is 0 Å². The van der Waals surface area contributed by atoms with Crippen LogP contribution in [0.5, 0.6) is 5.75 Å². The molecule has 0 radical (unpaired) electrons. The van der Waals surface area contributed by atoms with Crippen LogP contribution in [0, 0.1) is 0 Å². The van der Waals surface area contributed by atoms with E-state index >= 15 is 0 Å². The molecule has 3 aromatic rings. The van der Waals surface area contributed by atoms with Crippen molar-refractivity contribution in [2.75, 3.05) is 19.1 Å². The Balaban J connectivity index is 1.60. The van der Waals surface area contributed by atoms with Gasteiger partial charge in [0.25, 0.3) is 5.91 Å². The van der Waals surface area contributed by atoms with Gasteiger partial charge in [0.05, 0.1) is 7.11 Å². The Morgan fingerprint density at radius 1 is 0.875 bits per heavy atom. The molecule has 3 rings (SSSR count).